The first-order valence-electron chi connectivity index (χ1n) is 6.48. The van der Waals surface area contributed by atoms with Gasteiger partial charge in [0, 0.05) is 13.6 Å². The summed E-state index contributed by atoms with van der Waals surface area (Å²) < 4.78 is 1.83. The number of likely N-dealkylation sites (tertiary alicyclic amines) is 1. The van der Waals surface area contributed by atoms with Crippen molar-refractivity contribution in [3.05, 3.63) is 17.2 Å². The van der Waals surface area contributed by atoms with Crippen LogP contribution in [0, 0.1) is 11.3 Å². The Morgan fingerprint density at radius 3 is 2.74 bits per heavy atom. The van der Waals surface area contributed by atoms with E-state index in [2.05, 4.69) is 9.88 Å². The molecule has 2 heterocycles. The lowest BCUT2D eigenvalue weighted by molar-refractivity contribution is -0.151. The second-order valence-corrected chi connectivity index (χ2v) is 6.02. The fourth-order valence-electron chi connectivity index (χ4n) is 2.71. The van der Waals surface area contributed by atoms with Gasteiger partial charge in [-0.3, -0.25) is 9.69 Å². The molecule has 0 saturated carbocycles. The number of rotatable bonds is 4. The normalized spacial score (nSPS) is 24.3. The number of carboxylic acid groups (broad SMARTS) is 1. The van der Waals surface area contributed by atoms with Crippen LogP contribution in [-0.2, 0) is 18.4 Å². The molecule has 1 aliphatic rings. The zero-order valence-electron chi connectivity index (χ0n) is 11.6. The van der Waals surface area contributed by atoms with E-state index in [4.69, 9.17) is 11.6 Å². The van der Waals surface area contributed by atoms with Crippen molar-refractivity contribution in [2.24, 2.45) is 18.4 Å². The molecule has 1 unspecified atom stereocenters. The third-order valence-electron chi connectivity index (χ3n) is 4.30. The van der Waals surface area contributed by atoms with Gasteiger partial charge in [0.1, 0.15) is 11.0 Å². The van der Waals surface area contributed by atoms with Gasteiger partial charge in [-0.05, 0) is 18.9 Å². The summed E-state index contributed by atoms with van der Waals surface area (Å²) in [4.78, 5) is 18.0. The fraction of sp³-hybridized carbons (Fsp3) is 0.692. The molecule has 5 nitrogen and oxygen atoms in total. The molecule has 1 aromatic rings. The summed E-state index contributed by atoms with van der Waals surface area (Å²) in [5.41, 5.74) is -0.630. The first kappa shape index (κ1) is 14.3. The predicted molar refractivity (Wildman–Crippen MR) is 73.0 cm³/mol. The molecule has 106 valence electrons. The highest BCUT2D eigenvalue weighted by molar-refractivity contribution is 6.29. The first-order valence-corrected chi connectivity index (χ1v) is 6.86. The maximum Gasteiger partial charge on any atom is 0.311 e. The maximum atomic E-state index is 11.6. The van der Waals surface area contributed by atoms with Gasteiger partial charge in [-0.2, -0.15) is 0 Å². The minimum atomic E-state index is -0.692. The molecule has 1 N–H and O–H groups in total. The van der Waals surface area contributed by atoms with Crippen LogP contribution in [0.4, 0.5) is 0 Å². The number of carboxylic acids is 1. The molecule has 0 aromatic carbocycles. The van der Waals surface area contributed by atoms with Gasteiger partial charge in [-0.1, -0.05) is 25.4 Å². The van der Waals surface area contributed by atoms with Gasteiger partial charge < -0.3 is 9.67 Å². The molecule has 6 heteroatoms. The van der Waals surface area contributed by atoms with E-state index in [9.17, 15) is 9.90 Å². The highest BCUT2D eigenvalue weighted by Gasteiger charge is 2.47. The van der Waals surface area contributed by atoms with Crippen LogP contribution in [0.3, 0.4) is 0 Å². The van der Waals surface area contributed by atoms with E-state index in [0.717, 1.165) is 12.4 Å². The van der Waals surface area contributed by atoms with Crippen LogP contribution in [-0.4, -0.2) is 38.6 Å². The van der Waals surface area contributed by atoms with Crippen molar-refractivity contribution in [3.8, 4) is 0 Å². The highest BCUT2D eigenvalue weighted by atomic mass is 35.5. The highest BCUT2D eigenvalue weighted by Crippen LogP contribution is 2.38. The van der Waals surface area contributed by atoms with Crippen LogP contribution >= 0.6 is 11.6 Å². The number of aliphatic carboxylic acids is 1. The number of carbonyl (C=O) groups is 1. The Morgan fingerprint density at radius 2 is 2.32 bits per heavy atom. The molecule has 0 bridgehead atoms. The van der Waals surface area contributed by atoms with Gasteiger partial charge in [0.25, 0.3) is 0 Å². The van der Waals surface area contributed by atoms with Crippen molar-refractivity contribution in [1.82, 2.24) is 14.5 Å². The van der Waals surface area contributed by atoms with E-state index in [1.165, 1.54) is 0 Å². The first-order chi connectivity index (χ1) is 8.86. The van der Waals surface area contributed by atoms with Gasteiger partial charge >= 0.3 is 5.97 Å². The number of hydrogen-bond donors (Lipinski definition) is 1. The van der Waals surface area contributed by atoms with Crippen molar-refractivity contribution in [1.29, 1.82) is 0 Å². The average Bonchev–Trinajstić information content (AvgIpc) is 2.89. The summed E-state index contributed by atoms with van der Waals surface area (Å²) in [6, 6.07) is 0. The Bertz CT molecular complexity index is 486. The third-order valence-corrected chi connectivity index (χ3v) is 4.65. The topological polar surface area (TPSA) is 58.4 Å². The zero-order chi connectivity index (χ0) is 14.2. The second kappa shape index (κ2) is 5.13. The van der Waals surface area contributed by atoms with Crippen molar-refractivity contribution in [2.45, 2.75) is 26.8 Å². The maximum absolute atomic E-state index is 11.6. The monoisotopic (exact) mass is 285 g/mol. The van der Waals surface area contributed by atoms with Crippen molar-refractivity contribution in [3.63, 3.8) is 0 Å². The van der Waals surface area contributed by atoms with E-state index < -0.39 is 11.4 Å². The van der Waals surface area contributed by atoms with Gasteiger partial charge in [-0.15, -0.1) is 0 Å². The van der Waals surface area contributed by atoms with Crippen LogP contribution < -0.4 is 0 Å². The van der Waals surface area contributed by atoms with E-state index in [1.807, 2.05) is 25.5 Å². The molecule has 0 radical (unpaired) electrons. The Labute approximate surface area is 118 Å². The van der Waals surface area contributed by atoms with E-state index >= 15 is 0 Å². The quantitative estimate of drug-likeness (QED) is 0.919. The zero-order valence-corrected chi connectivity index (χ0v) is 12.3. The van der Waals surface area contributed by atoms with Gasteiger partial charge in [0.2, 0.25) is 0 Å². The molecule has 1 aromatic heterocycles. The fourth-order valence-corrected chi connectivity index (χ4v) is 2.86. The molecule has 1 fully saturated rings. The molecule has 1 saturated heterocycles. The average molecular weight is 286 g/mol. The molecule has 2 rings (SSSR count). The summed E-state index contributed by atoms with van der Waals surface area (Å²) >= 11 is 5.96. The van der Waals surface area contributed by atoms with Crippen molar-refractivity contribution in [2.75, 3.05) is 13.1 Å². The molecule has 0 aliphatic carbocycles. The Balaban J connectivity index is 2.10. The summed E-state index contributed by atoms with van der Waals surface area (Å²) in [5.74, 6) is 0.303. The van der Waals surface area contributed by atoms with Gasteiger partial charge in [0.05, 0.1) is 18.2 Å². The number of hydrogen-bond acceptors (Lipinski definition) is 3. The van der Waals surface area contributed by atoms with E-state index in [-0.39, 0.29) is 5.92 Å². The summed E-state index contributed by atoms with van der Waals surface area (Å²) in [5, 5.41) is 10.1. The summed E-state index contributed by atoms with van der Waals surface area (Å²) in [6.45, 7) is 5.97. The Kier molecular flexibility index (Phi) is 3.87. The van der Waals surface area contributed by atoms with Crippen LogP contribution in [0.5, 0.6) is 0 Å². The Morgan fingerprint density at radius 1 is 1.63 bits per heavy atom. The van der Waals surface area contributed by atoms with Crippen LogP contribution in [0.15, 0.2) is 6.20 Å². The molecule has 1 atom stereocenters. The standard InChI is InChI=1S/C13H20ClN3O2/c1-9(2)13(12(18)19)4-5-17(8-13)7-11-15-6-10(14)16(11)3/h6,9H,4-5,7-8H2,1-3H3,(H,18,19). The minimum absolute atomic E-state index is 0.125. The number of halogens is 1. The molecular formula is C13H20ClN3O2. The molecule has 0 amide bonds. The third kappa shape index (κ3) is 2.49. The number of imidazole rings is 1. The summed E-state index contributed by atoms with van der Waals surface area (Å²) in [6.07, 6.45) is 2.32. The minimum Gasteiger partial charge on any atom is -0.481 e. The van der Waals surface area contributed by atoms with Crippen LogP contribution in [0.25, 0.3) is 0 Å². The predicted octanol–water partition coefficient (Wildman–Crippen LogP) is 2.01. The lowest BCUT2D eigenvalue weighted by Crippen LogP contribution is -2.39. The van der Waals surface area contributed by atoms with Gasteiger partial charge in [0.15, 0.2) is 0 Å². The van der Waals surface area contributed by atoms with E-state index in [0.29, 0.717) is 24.7 Å². The van der Waals surface area contributed by atoms with Crippen molar-refractivity contribution < 1.29 is 9.90 Å². The lowest BCUT2D eigenvalue weighted by Gasteiger charge is -2.28. The Hall–Kier alpha value is -1.07. The SMILES string of the molecule is CC(C)C1(C(=O)O)CCN(Cc2ncc(Cl)n2C)C1. The molecule has 1 aliphatic heterocycles. The van der Waals surface area contributed by atoms with E-state index in [1.54, 1.807) is 6.20 Å². The molecule has 0 spiro atoms. The molecule has 19 heavy (non-hydrogen) atoms. The van der Waals surface area contributed by atoms with Crippen LogP contribution in [0.1, 0.15) is 26.1 Å². The van der Waals surface area contributed by atoms with Crippen molar-refractivity contribution >= 4 is 17.6 Å². The summed E-state index contributed by atoms with van der Waals surface area (Å²) in [7, 11) is 1.87. The number of aromatic nitrogens is 2. The second-order valence-electron chi connectivity index (χ2n) is 5.63. The smallest absolute Gasteiger partial charge is 0.311 e. The largest absolute Gasteiger partial charge is 0.481 e. The van der Waals surface area contributed by atoms with Gasteiger partial charge in [-0.25, -0.2) is 4.98 Å². The molecular weight excluding hydrogens is 266 g/mol. The lowest BCUT2D eigenvalue weighted by atomic mass is 9.76. The number of nitrogens with zero attached hydrogens (tertiary/aromatic N) is 3. The van der Waals surface area contributed by atoms with Crippen LogP contribution in [0.2, 0.25) is 5.15 Å².